The summed E-state index contributed by atoms with van der Waals surface area (Å²) in [5.41, 5.74) is 0. The van der Waals surface area contributed by atoms with Crippen LogP contribution in [0.15, 0.2) is 4.99 Å². The van der Waals surface area contributed by atoms with E-state index >= 15 is 0 Å². The minimum Gasteiger partial charge on any atom is -0.394 e. The number of rotatable bonds is 1. The van der Waals surface area contributed by atoms with E-state index in [-0.39, 0.29) is 12.6 Å². The molecule has 8 heavy (non-hydrogen) atoms. The second-order valence-corrected chi connectivity index (χ2v) is 1.98. The average molecular weight is 114 g/mol. The van der Waals surface area contributed by atoms with Gasteiger partial charge in [0.15, 0.2) is 0 Å². The third kappa shape index (κ3) is 0.816. The molecular formula is C5H10N2O. The predicted octanol–water partition coefficient (Wildman–Crippen LogP) is -0.633. The van der Waals surface area contributed by atoms with Gasteiger partial charge in [0, 0.05) is 6.04 Å². The lowest BCUT2D eigenvalue weighted by molar-refractivity contribution is 0.256. The smallest absolute Gasteiger partial charge is 0.0945 e. The Morgan fingerprint density at radius 3 is 2.88 bits per heavy atom. The van der Waals surface area contributed by atoms with Gasteiger partial charge in [-0.25, -0.2) is 0 Å². The van der Waals surface area contributed by atoms with Crippen molar-refractivity contribution in [2.75, 3.05) is 6.61 Å². The molecule has 0 aromatic heterocycles. The molecule has 1 heterocycles. The van der Waals surface area contributed by atoms with Gasteiger partial charge in [-0.3, -0.25) is 4.99 Å². The number of aliphatic hydroxyl groups is 1. The fourth-order valence-corrected chi connectivity index (χ4v) is 0.702. The van der Waals surface area contributed by atoms with Crippen LogP contribution in [0.2, 0.25) is 0 Å². The number of aliphatic hydroxyl groups excluding tert-OH is 1. The highest BCUT2D eigenvalue weighted by Crippen LogP contribution is 2.00. The molecule has 1 rings (SSSR count). The Morgan fingerprint density at radius 2 is 2.62 bits per heavy atom. The number of nitrogens with zero attached hydrogens (tertiary/aromatic N) is 1. The van der Waals surface area contributed by atoms with Crippen LogP contribution in [0.4, 0.5) is 0 Å². The van der Waals surface area contributed by atoms with Crippen molar-refractivity contribution in [2.24, 2.45) is 4.99 Å². The maximum atomic E-state index is 8.58. The fourth-order valence-electron chi connectivity index (χ4n) is 0.702. The second kappa shape index (κ2) is 2.13. The van der Waals surface area contributed by atoms with Crippen molar-refractivity contribution in [2.45, 2.75) is 19.0 Å². The Morgan fingerprint density at radius 1 is 1.88 bits per heavy atom. The van der Waals surface area contributed by atoms with Crippen LogP contribution in [-0.2, 0) is 0 Å². The molecule has 0 fully saturated rings. The highest BCUT2D eigenvalue weighted by Gasteiger charge is 2.16. The van der Waals surface area contributed by atoms with Crippen LogP contribution in [0.25, 0.3) is 0 Å². The van der Waals surface area contributed by atoms with Crippen LogP contribution in [0, 0.1) is 0 Å². The number of hydrogen-bond donors (Lipinski definition) is 2. The standard InChI is InChI=1S/C5H10N2O/c1-4-5(2-8)7-3-6-4/h3-5,8H,2H2,1H3,(H,6,7). The van der Waals surface area contributed by atoms with E-state index in [1.807, 2.05) is 6.92 Å². The molecule has 0 amide bonds. The molecule has 0 bridgehead atoms. The average Bonchev–Trinajstić information content (AvgIpc) is 2.14. The monoisotopic (exact) mass is 114 g/mol. The van der Waals surface area contributed by atoms with Gasteiger partial charge < -0.3 is 10.4 Å². The molecule has 3 nitrogen and oxygen atoms in total. The molecule has 0 saturated heterocycles. The van der Waals surface area contributed by atoms with Gasteiger partial charge in [0.2, 0.25) is 0 Å². The van der Waals surface area contributed by atoms with Crippen molar-refractivity contribution in [1.82, 2.24) is 5.32 Å². The highest BCUT2D eigenvalue weighted by atomic mass is 16.3. The first-order valence-electron chi connectivity index (χ1n) is 2.73. The minimum atomic E-state index is 0.0787. The van der Waals surface area contributed by atoms with Gasteiger partial charge in [0.1, 0.15) is 0 Å². The van der Waals surface area contributed by atoms with Gasteiger partial charge in [-0.2, -0.15) is 0 Å². The summed E-state index contributed by atoms with van der Waals surface area (Å²) < 4.78 is 0. The van der Waals surface area contributed by atoms with E-state index in [9.17, 15) is 0 Å². The Kier molecular flexibility index (Phi) is 1.48. The SMILES string of the molecule is CC1NC=NC1CO. The molecule has 0 saturated carbocycles. The zero-order chi connectivity index (χ0) is 5.98. The minimum absolute atomic E-state index is 0.0787. The summed E-state index contributed by atoms with van der Waals surface area (Å²) in [5.74, 6) is 0. The van der Waals surface area contributed by atoms with Gasteiger partial charge in [-0.05, 0) is 6.92 Å². The molecule has 46 valence electrons. The third-order valence-corrected chi connectivity index (χ3v) is 1.37. The summed E-state index contributed by atoms with van der Waals surface area (Å²) in [5, 5.41) is 11.6. The van der Waals surface area contributed by atoms with Crippen molar-refractivity contribution in [3.05, 3.63) is 0 Å². The van der Waals surface area contributed by atoms with Crippen LogP contribution in [0.1, 0.15) is 6.92 Å². The summed E-state index contributed by atoms with van der Waals surface area (Å²) >= 11 is 0. The Labute approximate surface area is 48.4 Å². The highest BCUT2D eigenvalue weighted by molar-refractivity contribution is 5.58. The maximum absolute atomic E-state index is 8.58. The van der Waals surface area contributed by atoms with Crippen LogP contribution >= 0.6 is 0 Å². The van der Waals surface area contributed by atoms with E-state index in [4.69, 9.17) is 5.11 Å². The van der Waals surface area contributed by atoms with Crippen molar-refractivity contribution in [3.8, 4) is 0 Å². The fraction of sp³-hybridized carbons (Fsp3) is 0.800. The lowest BCUT2D eigenvalue weighted by atomic mass is 10.2. The Balaban J connectivity index is 2.41. The van der Waals surface area contributed by atoms with Gasteiger partial charge in [0.25, 0.3) is 0 Å². The summed E-state index contributed by atoms with van der Waals surface area (Å²) in [6.45, 7) is 2.14. The van der Waals surface area contributed by atoms with E-state index < -0.39 is 0 Å². The number of hydrogen-bond acceptors (Lipinski definition) is 3. The zero-order valence-electron chi connectivity index (χ0n) is 4.83. The quantitative estimate of drug-likeness (QED) is 0.476. The van der Waals surface area contributed by atoms with E-state index in [2.05, 4.69) is 10.3 Å². The van der Waals surface area contributed by atoms with Crippen molar-refractivity contribution in [3.63, 3.8) is 0 Å². The molecule has 2 N–H and O–H groups in total. The van der Waals surface area contributed by atoms with Gasteiger partial charge in [-0.15, -0.1) is 0 Å². The molecule has 1 aliphatic heterocycles. The van der Waals surface area contributed by atoms with Crippen molar-refractivity contribution in [1.29, 1.82) is 0 Å². The van der Waals surface area contributed by atoms with E-state index in [1.54, 1.807) is 6.34 Å². The van der Waals surface area contributed by atoms with E-state index in [0.717, 1.165) is 0 Å². The summed E-state index contributed by atoms with van der Waals surface area (Å²) in [6, 6.07) is 0.384. The van der Waals surface area contributed by atoms with Gasteiger partial charge in [-0.1, -0.05) is 0 Å². The zero-order valence-corrected chi connectivity index (χ0v) is 4.83. The van der Waals surface area contributed by atoms with Crippen LogP contribution in [0.5, 0.6) is 0 Å². The first-order valence-corrected chi connectivity index (χ1v) is 2.73. The molecule has 0 aliphatic carbocycles. The van der Waals surface area contributed by atoms with Crippen molar-refractivity contribution >= 4 is 6.34 Å². The molecule has 0 radical (unpaired) electrons. The number of aliphatic imine (C=N–C) groups is 1. The lowest BCUT2D eigenvalue weighted by Gasteiger charge is -2.08. The lowest BCUT2D eigenvalue weighted by Crippen LogP contribution is -2.30. The first-order chi connectivity index (χ1) is 3.84. The molecule has 2 atom stereocenters. The normalized spacial score (nSPS) is 35.2. The van der Waals surface area contributed by atoms with Crippen LogP contribution in [-0.4, -0.2) is 30.1 Å². The molecule has 1 aliphatic rings. The molecule has 0 spiro atoms. The first kappa shape index (κ1) is 5.56. The van der Waals surface area contributed by atoms with Crippen LogP contribution < -0.4 is 5.32 Å². The predicted molar refractivity (Wildman–Crippen MR) is 32.0 cm³/mol. The third-order valence-electron chi connectivity index (χ3n) is 1.37. The Bertz CT molecular complexity index is 103. The van der Waals surface area contributed by atoms with Gasteiger partial charge in [0.05, 0.1) is 19.0 Å². The molecule has 2 unspecified atom stereocenters. The second-order valence-electron chi connectivity index (χ2n) is 1.98. The topological polar surface area (TPSA) is 44.6 Å². The summed E-state index contributed by atoms with van der Waals surface area (Å²) in [7, 11) is 0. The molecule has 3 heteroatoms. The molecule has 0 aromatic rings. The molecular weight excluding hydrogens is 104 g/mol. The number of nitrogens with one attached hydrogen (secondary N) is 1. The van der Waals surface area contributed by atoms with E-state index in [0.29, 0.717) is 6.04 Å². The largest absolute Gasteiger partial charge is 0.394 e. The summed E-state index contributed by atoms with van der Waals surface area (Å²) in [4.78, 5) is 3.95. The summed E-state index contributed by atoms with van der Waals surface area (Å²) in [6.07, 6.45) is 1.64. The van der Waals surface area contributed by atoms with Crippen molar-refractivity contribution < 1.29 is 5.11 Å². The van der Waals surface area contributed by atoms with Gasteiger partial charge >= 0.3 is 0 Å². The van der Waals surface area contributed by atoms with Crippen LogP contribution in [0.3, 0.4) is 0 Å². The molecule has 0 aromatic carbocycles. The Hall–Kier alpha value is -0.570. The maximum Gasteiger partial charge on any atom is 0.0945 e. The van der Waals surface area contributed by atoms with E-state index in [1.165, 1.54) is 0 Å².